The third kappa shape index (κ3) is 5.21. The fraction of sp³-hybridized carbons (Fsp3) is 1.00. The molecule has 2 aliphatic heterocycles. The number of likely N-dealkylation sites (tertiary alicyclic amines) is 1. The van der Waals surface area contributed by atoms with E-state index in [0.29, 0.717) is 0 Å². The van der Waals surface area contributed by atoms with Gasteiger partial charge in [0.05, 0.1) is 0 Å². The fourth-order valence-electron chi connectivity index (χ4n) is 3.51. The van der Waals surface area contributed by atoms with E-state index >= 15 is 0 Å². The van der Waals surface area contributed by atoms with Gasteiger partial charge in [0.2, 0.25) is 0 Å². The van der Waals surface area contributed by atoms with Crippen molar-refractivity contribution >= 4 is 11.8 Å². The predicted octanol–water partition coefficient (Wildman–Crippen LogP) is 2.23. The first kappa shape index (κ1) is 16.6. The van der Waals surface area contributed by atoms with Crippen molar-refractivity contribution in [1.29, 1.82) is 0 Å². The molecule has 2 heterocycles. The van der Waals surface area contributed by atoms with Crippen LogP contribution in [0.25, 0.3) is 0 Å². The second kappa shape index (κ2) is 9.29. The minimum Gasteiger partial charge on any atom is -0.303 e. The second-order valence-corrected chi connectivity index (χ2v) is 7.54. The molecule has 0 aromatic carbocycles. The van der Waals surface area contributed by atoms with E-state index in [1.165, 1.54) is 83.1 Å². The van der Waals surface area contributed by atoms with Crippen molar-refractivity contribution < 1.29 is 0 Å². The normalized spacial score (nSPS) is 24.3. The number of nitrogens with zero attached hydrogens (tertiary/aromatic N) is 3. The third-order valence-electron chi connectivity index (χ3n) is 4.78. The molecule has 4 heteroatoms. The highest BCUT2D eigenvalue weighted by molar-refractivity contribution is 7.99. The summed E-state index contributed by atoms with van der Waals surface area (Å²) in [4.78, 5) is 8.08. The average molecular weight is 300 g/mol. The first-order valence-electron chi connectivity index (χ1n) is 8.60. The zero-order valence-electron chi connectivity index (χ0n) is 13.5. The molecule has 0 unspecified atom stereocenters. The Morgan fingerprint density at radius 1 is 0.850 bits per heavy atom. The van der Waals surface area contributed by atoms with Crippen molar-refractivity contribution in [1.82, 2.24) is 14.7 Å². The van der Waals surface area contributed by atoms with Gasteiger partial charge in [0.1, 0.15) is 0 Å². The largest absolute Gasteiger partial charge is 0.303 e. The minimum atomic E-state index is 0.871. The summed E-state index contributed by atoms with van der Waals surface area (Å²) >= 11 is 2.07. The molecule has 2 saturated heterocycles. The second-order valence-electron chi connectivity index (χ2n) is 6.15. The van der Waals surface area contributed by atoms with Crippen molar-refractivity contribution in [2.75, 3.05) is 63.9 Å². The monoisotopic (exact) mass is 299 g/mol. The van der Waals surface area contributed by atoms with Gasteiger partial charge in [-0.1, -0.05) is 13.8 Å². The van der Waals surface area contributed by atoms with Crippen molar-refractivity contribution in [3.8, 4) is 0 Å². The number of hydrogen-bond acceptors (Lipinski definition) is 4. The Balaban J connectivity index is 1.62. The van der Waals surface area contributed by atoms with Crippen LogP contribution in [0.1, 0.15) is 33.1 Å². The van der Waals surface area contributed by atoms with Gasteiger partial charge in [0.15, 0.2) is 0 Å². The maximum absolute atomic E-state index is 2.77. The molecular formula is C16H33N3S. The topological polar surface area (TPSA) is 9.72 Å². The van der Waals surface area contributed by atoms with Crippen molar-refractivity contribution in [3.63, 3.8) is 0 Å². The van der Waals surface area contributed by atoms with Gasteiger partial charge in [-0.25, -0.2) is 0 Å². The zero-order valence-corrected chi connectivity index (χ0v) is 14.3. The number of hydrogen-bond donors (Lipinski definition) is 0. The standard InChI is InChI=1S/C16H33N3S/c1-3-7-17-8-5-16(6-9-17)19-12-10-18(11-13-19)14-15-20-4-2/h16H,3-15H2,1-2H3. The summed E-state index contributed by atoms with van der Waals surface area (Å²) in [6, 6.07) is 0.871. The molecule has 0 atom stereocenters. The Morgan fingerprint density at radius 3 is 2.10 bits per heavy atom. The fourth-order valence-corrected chi connectivity index (χ4v) is 4.19. The summed E-state index contributed by atoms with van der Waals surface area (Å²) in [5.41, 5.74) is 0. The molecule has 2 rings (SSSR count). The van der Waals surface area contributed by atoms with Crippen LogP contribution in [0, 0.1) is 0 Å². The molecule has 0 spiro atoms. The van der Waals surface area contributed by atoms with Crippen LogP contribution in [0.3, 0.4) is 0 Å². The van der Waals surface area contributed by atoms with Gasteiger partial charge in [-0.2, -0.15) is 11.8 Å². The molecule has 0 aliphatic carbocycles. The number of piperazine rings is 1. The van der Waals surface area contributed by atoms with Gasteiger partial charge in [-0.3, -0.25) is 9.80 Å². The summed E-state index contributed by atoms with van der Waals surface area (Å²) in [6.07, 6.45) is 4.09. The molecule has 0 amide bonds. The molecule has 0 radical (unpaired) electrons. The quantitative estimate of drug-likeness (QED) is 0.667. The van der Waals surface area contributed by atoms with Crippen LogP contribution < -0.4 is 0 Å². The van der Waals surface area contributed by atoms with E-state index in [4.69, 9.17) is 0 Å². The summed E-state index contributed by atoms with van der Waals surface area (Å²) < 4.78 is 0. The highest BCUT2D eigenvalue weighted by atomic mass is 32.2. The lowest BCUT2D eigenvalue weighted by atomic mass is 10.0. The molecule has 118 valence electrons. The highest BCUT2D eigenvalue weighted by Crippen LogP contribution is 2.18. The van der Waals surface area contributed by atoms with Gasteiger partial charge in [-0.15, -0.1) is 0 Å². The molecule has 0 saturated carbocycles. The Hall–Kier alpha value is 0.230. The lowest BCUT2D eigenvalue weighted by molar-refractivity contribution is 0.0616. The molecule has 20 heavy (non-hydrogen) atoms. The predicted molar refractivity (Wildman–Crippen MR) is 90.8 cm³/mol. The van der Waals surface area contributed by atoms with Crippen LogP contribution >= 0.6 is 11.8 Å². The third-order valence-corrected chi connectivity index (χ3v) is 5.66. The molecule has 2 aliphatic rings. The summed E-state index contributed by atoms with van der Waals surface area (Å²) in [5.74, 6) is 2.57. The van der Waals surface area contributed by atoms with Crippen LogP contribution in [-0.4, -0.2) is 84.6 Å². The van der Waals surface area contributed by atoms with Crippen LogP contribution in [0.2, 0.25) is 0 Å². The number of rotatable bonds is 7. The smallest absolute Gasteiger partial charge is 0.0121 e. The van der Waals surface area contributed by atoms with E-state index in [1.54, 1.807) is 0 Å². The minimum absolute atomic E-state index is 0.871. The molecular weight excluding hydrogens is 266 g/mol. The lowest BCUT2D eigenvalue weighted by Gasteiger charge is -2.42. The average Bonchev–Trinajstić information content (AvgIpc) is 2.49. The maximum Gasteiger partial charge on any atom is 0.0121 e. The first-order chi connectivity index (χ1) is 9.83. The summed E-state index contributed by atoms with van der Waals surface area (Å²) in [7, 11) is 0. The van der Waals surface area contributed by atoms with E-state index in [-0.39, 0.29) is 0 Å². The number of piperidine rings is 1. The van der Waals surface area contributed by atoms with Crippen molar-refractivity contribution in [2.24, 2.45) is 0 Å². The lowest BCUT2D eigenvalue weighted by Crippen LogP contribution is -2.53. The molecule has 0 bridgehead atoms. The Kier molecular flexibility index (Phi) is 7.71. The number of thioether (sulfide) groups is 1. The van der Waals surface area contributed by atoms with Crippen molar-refractivity contribution in [2.45, 2.75) is 39.2 Å². The summed E-state index contributed by atoms with van der Waals surface area (Å²) in [6.45, 7) is 15.0. The highest BCUT2D eigenvalue weighted by Gasteiger charge is 2.26. The Labute approximate surface area is 130 Å². The van der Waals surface area contributed by atoms with Crippen LogP contribution in [-0.2, 0) is 0 Å². The van der Waals surface area contributed by atoms with Gasteiger partial charge < -0.3 is 4.90 Å². The van der Waals surface area contributed by atoms with Gasteiger partial charge in [0, 0.05) is 44.5 Å². The Morgan fingerprint density at radius 2 is 1.50 bits per heavy atom. The van der Waals surface area contributed by atoms with E-state index in [1.807, 2.05) is 0 Å². The van der Waals surface area contributed by atoms with Gasteiger partial charge in [0.25, 0.3) is 0 Å². The molecule has 0 aromatic rings. The molecule has 0 N–H and O–H groups in total. The van der Waals surface area contributed by atoms with Crippen LogP contribution in [0.15, 0.2) is 0 Å². The molecule has 2 fully saturated rings. The maximum atomic E-state index is 2.77. The van der Waals surface area contributed by atoms with E-state index in [0.717, 1.165) is 6.04 Å². The zero-order chi connectivity index (χ0) is 14.2. The Bertz CT molecular complexity index is 246. The summed E-state index contributed by atoms with van der Waals surface area (Å²) in [5, 5.41) is 0. The first-order valence-corrected chi connectivity index (χ1v) is 9.75. The molecule has 3 nitrogen and oxygen atoms in total. The van der Waals surface area contributed by atoms with E-state index in [2.05, 4.69) is 40.3 Å². The van der Waals surface area contributed by atoms with Crippen LogP contribution in [0.4, 0.5) is 0 Å². The van der Waals surface area contributed by atoms with Crippen LogP contribution in [0.5, 0.6) is 0 Å². The SMILES string of the molecule is CCCN1CCC(N2CCN(CCSCC)CC2)CC1. The van der Waals surface area contributed by atoms with Crippen molar-refractivity contribution in [3.05, 3.63) is 0 Å². The molecule has 0 aromatic heterocycles. The van der Waals surface area contributed by atoms with E-state index < -0.39 is 0 Å². The van der Waals surface area contributed by atoms with E-state index in [9.17, 15) is 0 Å². The van der Waals surface area contributed by atoms with Gasteiger partial charge >= 0.3 is 0 Å². The van der Waals surface area contributed by atoms with Gasteiger partial charge in [-0.05, 0) is 44.6 Å².